The summed E-state index contributed by atoms with van der Waals surface area (Å²) >= 11 is 0. The number of anilines is 1. The molecule has 2 aromatic carbocycles. The van der Waals surface area contributed by atoms with Gasteiger partial charge in [0.2, 0.25) is 0 Å². The number of phenolic OH excluding ortho intramolecular Hbond substituents is 1. The van der Waals surface area contributed by atoms with Crippen LogP contribution in [0.25, 0.3) is 0 Å². The lowest BCUT2D eigenvalue weighted by molar-refractivity contribution is 0.371. The van der Waals surface area contributed by atoms with E-state index in [0.29, 0.717) is 6.54 Å². The smallest absolute Gasteiger partial charge is 0.194 e. The number of halogens is 1. The highest BCUT2D eigenvalue weighted by atomic mass is 127. The minimum Gasteiger partial charge on any atom is -0.508 e. The van der Waals surface area contributed by atoms with Gasteiger partial charge in [0.25, 0.3) is 0 Å². The zero-order chi connectivity index (χ0) is 18.4. The maximum absolute atomic E-state index is 10.0. The van der Waals surface area contributed by atoms with Crippen LogP contribution < -0.4 is 15.0 Å². The number of benzene rings is 2. The first kappa shape index (κ1) is 21.1. The predicted molar refractivity (Wildman–Crippen MR) is 121 cm³/mol. The number of hydrogen-bond acceptors (Lipinski definition) is 4. The van der Waals surface area contributed by atoms with Crippen molar-refractivity contribution >= 4 is 35.6 Å². The number of methoxy groups -OCH3 is 1. The van der Waals surface area contributed by atoms with E-state index in [0.717, 1.165) is 43.5 Å². The predicted octanol–water partition coefficient (Wildman–Crippen LogP) is 2.92. The van der Waals surface area contributed by atoms with E-state index in [9.17, 15) is 5.11 Å². The molecule has 0 atom stereocenters. The average molecular weight is 482 g/mol. The van der Waals surface area contributed by atoms with E-state index >= 15 is 0 Å². The van der Waals surface area contributed by atoms with Gasteiger partial charge in [-0.1, -0.05) is 18.2 Å². The average Bonchev–Trinajstić information content (AvgIpc) is 2.71. The van der Waals surface area contributed by atoms with Gasteiger partial charge in [-0.05, 0) is 30.3 Å². The van der Waals surface area contributed by atoms with Gasteiger partial charge in [0.05, 0.1) is 7.11 Å². The minimum absolute atomic E-state index is 0. The fourth-order valence-electron chi connectivity index (χ4n) is 3.15. The van der Waals surface area contributed by atoms with Crippen LogP contribution in [-0.4, -0.2) is 56.3 Å². The third kappa shape index (κ3) is 5.41. The quantitative estimate of drug-likeness (QED) is 0.399. The summed E-state index contributed by atoms with van der Waals surface area (Å²) in [5.41, 5.74) is 2.05. The summed E-state index contributed by atoms with van der Waals surface area (Å²) in [5, 5.41) is 13.4. The van der Waals surface area contributed by atoms with E-state index in [1.807, 2.05) is 12.1 Å². The van der Waals surface area contributed by atoms with E-state index in [1.54, 1.807) is 26.3 Å². The molecular formula is C20H27IN4O2. The summed E-state index contributed by atoms with van der Waals surface area (Å²) in [5.74, 6) is 1.83. The van der Waals surface area contributed by atoms with Crippen LogP contribution in [0.2, 0.25) is 0 Å². The number of hydrogen-bond donors (Lipinski definition) is 2. The molecule has 1 saturated heterocycles. The molecule has 0 saturated carbocycles. The van der Waals surface area contributed by atoms with Crippen LogP contribution in [-0.2, 0) is 6.54 Å². The second-order valence-corrected chi connectivity index (χ2v) is 6.21. The highest BCUT2D eigenvalue weighted by molar-refractivity contribution is 14.0. The lowest BCUT2D eigenvalue weighted by atomic mass is 10.2. The third-order valence-electron chi connectivity index (χ3n) is 4.64. The van der Waals surface area contributed by atoms with Crippen molar-refractivity contribution in [2.24, 2.45) is 4.99 Å². The monoisotopic (exact) mass is 482 g/mol. The molecule has 1 aliphatic rings. The van der Waals surface area contributed by atoms with Crippen LogP contribution in [0.15, 0.2) is 53.5 Å². The lowest BCUT2D eigenvalue weighted by Crippen LogP contribution is -2.52. The summed E-state index contributed by atoms with van der Waals surface area (Å²) in [4.78, 5) is 9.03. The molecule has 1 aliphatic heterocycles. The maximum atomic E-state index is 10.0. The molecule has 6 nitrogen and oxygen atoms in total. The first-order valence-corrected chi connectivity index (χ1v) is 8.82. The van der Waals surface area contributed by atoms with Gasteiger partial charge in [-0.3, -0.25) is 4.99 Å². The van der Waals surface area contributed by atoms with Crippen molar-refractivity contribution in [2.75, 3.05) is 45.2 Å². The third-order valence-corrected chi connectivity index (χ3v) is 4.64. The first-order chi connectivity index (χ1) is 12.7. The summed E-state index contributed by atoms with van der Waals surface area (Å²) < 4.78 is 5.23. The highest BCUT2D eigenvalue weighted by Gasteiger charge is 2.19. The van der Waals surface area contributed by atoms with Gasteiger partial charge in [0.15, 0.2) is 5.96 Å². The van der Waals surface area contributed by atoms with Crippen LogP contribution in [0.3, 0.4) is 0 Å². The number of nitrogens with one attached hydrogen (secondary N) is 1. The van der Waals surface area contributed by atoms with Gasteiger partial charge >= 0.3 is 0 Å². The maximum Gasteiger partial charge on any atom is 0.194 e. The fraction of sp³-hybridized carbons (Fsp3) is 0.350. The zero-order valence-corrected chi connectivity index (χ0v) is 18.1. The second kappa shape index (κ2) is 10.2. The van der Waals surface area contributed by atoms with E-state index < -0.39 is 0 Å². The largest absolute Gasteiger partial charge is 0.508 e. The van der Waals surface area contributed by atoms with E-state index in [2.05, 4.69) is 44.4 Å². The fourth-order valence-corrected chi connectivity index (χ4v) is 3.15. The Bertz CT molecular complexity index is 747. The van der Waals surface area contributed by atoms with E-state index in [1.165, 1.54) is 5.69 Å². The topological polar surface area (TPSA) is 60.3 Å². The van der Waals surface area contributed by atoms with Gasteiger partial charge in [-0.2, -0.15) is 0 Å². The SMILES string of the molecule is CN=C(NCc1cc(OC)ccc1O)N1CCN(c2ccccc2)CC1.I. The number of rotatable bonds is 4. The Morgan fingerprint density at radius 2 is 1.81 bits per heavy atom. The second-order valence-electron chi connectivity index (χ2n) is 6.21. The van der Waals surface area contributed by atoms with Crippen LogP contribution in [0.4, 0.5) is 5.69 Å². The summed E-state index contributed by atoms with van der Waals surface area (Å²) in [6.07, 6.45) is 0. The highest BCUT2D eigenvalue weighted by Crippen LogP contribution is 2.22. The van der Waals surface area contributed by atoms with Gasteiger partial charge in [-0.25, -0.2) is 0 Å². The lowest BCUT2D eigenvalue weighted by Gasteiger charge is -2.37. The number of phenols is 1. The molecule has 0 spiro atoms. The van der Waals surface area contributed by atoms with Crippen molar-refractivity contribution in [1.29, 1.82) is 0 Å². The Balaban J connectivity index is 0.00000261. The number of guanidine groups is 1. The Morgan fingerprint density at radius 1 is 1.11 bits per heavy atom. The Morgan fingerprint density at radius 3 is 2.44 bits per heavy atom. The molecular weight excluding hydrogens is 455 g/mol. The van der Waals surface area contributed by atoms with Gasteiger partial charge in [0.1, 0.15) is 11.5 Å². The molecule has 146 valence electrons. The summed E-state index contributed by atoms with van der Waals surface area (Å²) in [6, 6.07) is 15.7. The molecule has 1 heterocycles. The van der Waals surface area contributed by atoms with Crippen molar-refractivity contribution in [2.45, 2.75) is 6.54 Å². The van der Waals surface area contributed by atoms with Crippen molar-refractivity contribution in [3.05, 3.63) is 54.1 Å². The Labute approximate surface area is 177 Å². The molecule has 0 aromatic heterocycles. The van der Waals surface area contributed by atoms with Crippen molar-refractivity contribution in [3.8, 4) is 11.5 Å². The standard InChI is InChI=1S/C20H26N4O2.HI/c1-21-20(22-15-16-14-18(26-2)8-9-19(16)25)24-12-10-23(11-13-24)17-6-4-3-5-7-17;/h3-9,14,25H,10-13,15H2,1-2H3,(H,21,22);1H. The van der Waals surface area contributed by atoms with Crippen molar-refractivity contribution in [3.63, 3.8) is 0 Å². The molecule has 7 heteroatoms. The molecule has 0 unspecified atom stereocenters. The Hall–Kier alpha value is -2.16. The van der Waals surface area contributed by atoms with Gasteiger partial charge in [0, 0.05) is 51.0 Å². The number of nitrogens with zero attached hydrogens (tertiary/aromatic N) is 3. The molecule has 27 heavy (non-hydrogen) atoms. The van der Waals surface area contributed by atoms with Crippen LogP contribution in [0.5, 0.6) is 11.5 Å². The minimum atomic E-state index is 0. The summed E-state index contributed by atoms with van der Waals surface area (Å²) in [7, 11) is 3.41. The van der Waals surface area contributed by atoms with Crippen LogP contribution in [0.1, 0.15) is 5.56 Å². The van der Waals surface area contributed by atoms with Gasteiger partial charge in [-0.15, -0.1) is 24.0 Å². The first-order valence-electron chi connectivity index (χ1n) is 8.82. The number of aromatic hydroxyl groups is 1. The molecule has 0 aliphatic carbocycles. The molecule has 3 rings (SSSR count). The van der Waals surface area contributed by atoms with E-state index in [4.69, 9.17) is 4.74 Å². The molecule has 1 fully saturated rings. The number of aliphatic imine (C=N–C) groups is 1. The van der Waals surface area contributed by atoms with E-state index in [-0.39, 0.29) is 29.7 Å². The van der Waals surface area contributed by atoms with Crippen molar-refractivity contribution < 1.29 is 9.84 Å². The Kier molecular flexibility index (Phi) is 8.02. The van der Waals surface area contributed by atoms with Crippen LogP contribution in [0, 0.1) is 0 Å². The number of para-hydroxylation sites is 1. The van der Waals surface area contributed by atoms with Crippen LogP contribution >= 0.6 is 24.0 Å². The summed E-state index contributed by atoms with van der Waals surface area (Å²) in [6.45, 7) is 4.20. The number of ether oxygens (including phenoxy) is 1. The molecule has 2 N–H and O–H groups in total. The molecule has 0 amide bonds. The normalized spacial score (nSPS) is 14.5. The molecule has 0 radical (unpaired) electrons. The van der Waals surface area contributed by atoms with Crippen molar-refractivity contribution in [1.82, 2.24) is 10.2 Å². The number of piperazine rings is 1. The van der Waals surface area contributed by atoms with Gasteiger partial charge < -0.3 is 25.0 Å². The molecule has 2 aromatic rings. The zero-order valence-electron chi connectivity index (χ0n) is 15.8. The molecule has 0 bridgehead atoms.